The van der Waals surface area contributed by atoms with Gasteiger partial charge in [-0.1, -0.05) is 30.3 Å². The van der Waals surface area contributed by atoms with E-state index >= 15 is 0 Å². The van der Waals surface area contributed by atoms with Gasteiger partial charge in [0.25, 0.3) is 0 Å². The molecular formula is C10H12FN. The van der Waals surface area contributed by atoms with Gasteiger partial charge in [0.2, 0.25) is 0 Å². The Kier molecular flexibility index (Phi) is 1.65. The highest BCUT2D eigenvalue weighted by Gasteiger charge is 2.55. The fourth-order valence-electron chi connectivity index (χ4n) is 1.60. The summed E-state index contributed by atoms with van der Waals surface area (Å²) in [6, 6.07) is 9.36. The fourth-order valence-corrected chi connectivity index (χ4v) is 1.60. The zero-order valence-corrected chi connectivity index (χ0v) is 7.05. The van der Waals surface area contributed by atoms with Crippen molar-refractivity contribution in [2.45, 2.75) is 18.1 Å². The zero-order valence-electron chi connectivity index (χ0n) is 7.05. The van der Waals surface area contributed by atoms with Crippen molar-refractivity contribution in [1.29, 1.82) is 0 Å². The van der Waals surface area contributed by atoms with E-state index < -0.39 is 5.67 Å². The molecule has 2 atom stereocenters. The number of benzene rings is 1. The van der Waals surface area contributed by atoms with E-state index in [9.17, 15) is 4.39 Å². The summed E-state index contributed by atoms with van der Waals surface area (Å²) >= 11 is 0. The minimum absolute atomic E-state index is 0.0138. The number of alkyl halides is 1. The number of nitrogens with one attached hydrogen (secondary N) is 1. The topological polar surface area (TPSA) is 12.0 Å². The standard InChI is InChI=1S/C10H12FN/c1-12-9-7-10(9,11)8-5-3-2-4-6-8/h2-6,9,12H,7H2,1H3. The smallest absolute Gasteiger partial charge is 0.152 e. The third-order valence-electron chi connectivity index (χ3n) is 2.50. The van der Waals surface area contributed by atoms with E-state index in [1.165, 1.54) is 0 Å². The van der Waals surface area contributed by atoms with Gasteiger partial charge >= 0.3 is 0 Å². The molecule has 0 aromatic heterocycles. The highest BCUT2D eigenvalue weighted by molar-refractivity contribution is 5.31. The van der Waals surface area contributed by atoms with Crippen LogP contribution >= 0.6 is 0 Å². The second kappa shape index (κ2) is 2.56. The molecule has 1 aliphatic rings. The lowest BCUT2D eigenvalue weighted by Crippen LogP contribution is -2.18. The first-order valence-electron chi connectivity index (χ1n) is 4.19. The van der Waals surface area contributed by atoms with Gasteiger partial charge in [-0.15, -0.1) is 0 Å². The minimum atomic E-state index is -1.10. The Bertz CT molecular complexity index is 272. The van der Waals surface area contributed by atoms with Crippen molar-refractivity contribution in [1.82, 2.24) is 5.32 Å². The van der Waals surface area contributed by atoms with Crippen molar-refractivity contribution in [2.24, 2.45) is 0 Å². The SMILES string of the molecule is CNC1CC1(F)c1ccccc1. The number of halogens is 1. The molecule has 2 heteroatoms. The lowest BCUT2D eigenvalue weighted by Gasteiger charge is -2.06. The molecule has 1 nitrogen and oxygen atoms in total. The quantitative estimate of drug-likeness (QED) is 0.705. The summed E-state index contributed by atoms with van der Waals surface area (Å²) in [6.45, 7) is 0. The van der Waals surface area contributed by atoms with Crippen LogP contribution in [0.5, 0.6) is 0 Å². The van der Waals surface area contributed by atoms with Crippen LogP contribution in [0.15, 0.2) is 30.3 Å². The van der Waals surface area contributed by atoms with Gasteiger partial charge < -0.3 is 5.32 Å². The summed E-state index contributed by atoms with van der Waals surface area (Å²) in [5.41, 5.74) is -0.305. The maximum atomic E-state index is 13.8. The molecule has 0 saturated heterocycles. The van der Waals surface area contributed by atoms with Crippen LogP contribution in [0.4, 0.5) is 4.39 Å². The van der Waals surface area contributed by atoms with Gasteiger partial charge in [0.1, 0.15) is 0 Å². The Labute approximate surface area is 71.6 Å². The van der Waals surface area contributed by atoms with Crippen LogP contribution in [0.1, 0.15) is 12.0 Å². The second-order valence-electron chi connectivity index (χ2n) is 3.27. The predicted molar refractivity (Wildman–Crippen MR) is 46.7 cm³/mol. The highest BCUT2D eigenvalue weighted by atomic mass is 19.1. The molecule has 12 heavy (non-hydrogen) atoms. The summed E-state index contributed by atoms with van der Waals surface area (Å²) in [5, 5.41) is 2.95. The van der Waals surface area contributed by atoms with Gasteiger partial charge in [-0.3, -0.25) is 0 Å². The molecule has 1 aromatic carbocycles. The van der Waals surface area contributed by atoms with Gasteiger partial charge in [0.15, 0.2) is 5.67 Å². The van der Waals surface area contributed by atoms with Crippen LogP contribution < -0.4 is 5.32 Å². The van der Waals surface area contributed by atoms with Crippen molar-refractivity contribution >= 4 is 0 Å². The average molecular weight is 165 g/mol. The monoisotopic (exact) mass is 165 g/mol. The Balaban J connectivity index is 2.23. The molecule has 1 aliphatic carbocycles. The molecular weight excluding hydrogens is 153 g/mol. The van der Waals surface area contributed by atoms with E-state index in [4.69, 9.17) is 0 Å². The van der Waals surface area contributed by atoms with Gasteiger partial charge in [0, 0.05) is 12.5 Å². The first-order valence-corrected chi connectivity index (χ1v) is 4.19. The number of likely N-dealkylation sites (N-methyl/N-ethyl adjacent to an activating group) is 1. The first kappa shape index (κ1) is 7.74. The Hall–Kier alpha value is -0.890. The second-order valence-corrected chi connectivity index (χ2v) is 3.27. The van der Waals surface area contributed by atoms with Crippen LogP contribution in [-0.4, -0.2) is 13.1 Å². The molecule has 0 bridgehead atoms. The molecule has 0 radical (unpaired) electrons. The Morgan fingerprint density at radius 1 is 1.42 bits per heavy atom. The van der Waals surface area contributed by atoms with Crippen molar-refractivity contribution in [3.63, 3.8) is 0 Å². The molecule has 0 spiro atoms. The summed E-state index contributed by atoms with van der Waals surface area (Å²) in [5.74, 6) is 0. The lowest BCUT2D eigenvalue weighted by molar-refractivity contribution is 0.297. The molecule has 0 amide bonds. The van der Waals surface area contributed by atoms with Crippen molar-refractivity contribution in [2.75, 3.05) is 7.05 Å². The number of hydrogen-bond acceptors (Lipinski definition) is 1. The predicted octanol–water partition coefficient (Wildman–Crippen LogP) is 1.84. The molecule has 1 saturated carbocycles. The van der Waals surface area contributed by atoms with E-state index in [2.05, 4.69) is 5.32 Å². The maximum Gasteiger partial charge on any atom is 0.152 e. The lowest BCUT2D eigenvalue weighted by atomic mass is 10.1. The normalized spacial score (nSPS) is 33.3. The molecule has 2 unspecified atom stereocenters. The largest absolute Gasteiger partial charge is 0.314 e. The Morgan fingerprint density at radius 2 is 2.08 bits per heavy atom. The van der Waals surface area contributed by atoms with Crippen molar-refractivity contribution in [3.05, 3.63) is 35.9 Å². The third kappa shape index (κ3) is 1.03. The zero-order chi connectivity index (χ0) is 8.60. The molecule has 64 valence electrons. The summed E-state index contributed by atoms with van der Waals surface area (Å²) < 4.78 is 13.8. The van der Waals surface area contributed by atoms with Gasteiger partial charge in [-0.2, -0.15) is 0 Å². The van der Waals surface area contributed by atoms with Gasteiger partial charge in [-0.25, -0.2) is 4.39 Å². The molecule has 1 fully saturated rings. The number of rotatable bonds is 2. The summed E-state index contributed by atoms with van der Waals surface area (Å²) in [4.78, 5) is 0. The van der Waals surface area contributed by atoms with E-state index in [0.29, 0.717) is 6.42 Å². The van der Waals surface area contributed by atoms with Crippen LogP contribution in [0, 0.1) is 0 Å². The van der Waals surface area contributed by atoms with E-state index in [1.807, 2.05) is 30.3 Å². The molecule has 1 aromatic rings. The summed E-state index contributed by atoms with van der Waals surface area (Å²) in [7, 11) is 1.80. The number of hydrogen-bond donors (Lipinski definition) is 1. The van der Waals surface area contributed by atoms with E-state index in [1.54, 1.807) is 7.05 Å². The van der Waals surface area contributed by atoms with Crippen molar-refractivity contribution < 1.29 is 4.39 Å². The maximum absolute atomic E-state index is 13.8. The van der Waals surface area contributed by atoms with Crippen molar-refractivity contribution in [3.8, 4) is 0 Å². The van der Waals surface area contributed by atoms with Crippen LogP contribution in [-0.2, 0) is 5.67 Å². The summed E-state index contributed by atoms with van der Waals surface area (Å²) in [6.07, 6.45) is 0.605. The molecule has 1 N–H and O–H groups in total. The molecule has 0 heterocycles. The third-order valence-corrected chi connectivity index (χ3v) is 2.50. The Morgan fingerprint density at radius 3 is 2.58 bits per heavy atom. The molecule has 0 aliphatic heterocycles. The van der Waals surface area contributed by atoms with E-state index in [0.717, 1.165) is 5.56 Å². The first-order chi connectivity index (χ1) is 5.77. The molecule has 2 rings (SSSR count). The average Bonchev–Trinajstić information content (AvgIpc) is 2.81. The van der Waals surface area contributed by atoms with Gasteiger partial charge in [-0.05, 0) is 12.6 Å². The van der Waals surface area contributed by atoms with Crippen LogP contribution in [0.3, 0.4) is 0 Å². The fraction of sp³-hybridized carbons (Fsp3) is 0.400. The van der Waals surface area contributed by atoms with Crippen LogP contribution in [0.2, 0.25) is 0 Å². The minimum Gasteiger partial charge on any atom is -0.314 e. The van der Waals surface area contributed by atoms with Crippen LogP contribution in [0.25, 0.3) is 0 Å². The highest BCUT2D eigenvalue weighted by Crippen LogP contribution is 2.49. The van der Waals surface area contributed by atoms with Gasteiger partial charge in [0.05, 0.1) is 0 Å². The van der Waals surface area contributed by atoms with E-state index in [-0.39, 0.29) is 6.04 Å².